The minimum Gasteiger partial charge on any atom is -0.283 e. The van der Waals surface area contributed by atoms with Crippen molar-refractivity contribution in [2.75, 3.05) is 0 Å². The second kappa shape index (κ2) is 4.71. The van der Waals surface area contributed by atoms with Crippen LogP contribution in [0.2, 0.25) is 0 Å². The number of aromatic nitrogens is 1. The lowest BCUT2D eigenvalue weighted by atomic mass is 9.97. The molecule has 79 valence electrons. The first kappa shape index (κ1) is 10.6. The number of pyridine rings is 1. The van der Waals surface area contributed by atoms with Gasteiger partial charge < -0.3 is 0 Å². The van der Waals surface area contributed by atoms with Crippen molar-refractivity contribution >= 4 is 6.29 Å². The number of hydrogen-bond donors (Lipinski definition) is 0. The van der Waals surface area contributed by atoms with Crippen LogP contribution < -0.4 is 0 Å². The summed E-state index contributed by atoms with van der Waals surface area (Å²) in [5, 5.41) is 0. The maximum absolute atomic E-state index is 10.8. The number of hydrogen-bond acceptors (Lipinski definition) is 2. The highest BCUT2D eigenvalue weighted by Crippen LogP contribution is 2.25. The van der Waals surface area contributed by atoms with E-state index < -0.39 is 0 Å². The molecule has 0 fully saturated rings. The van der Waals surface area contributed by atoms with Crippen molar-refractivity contribution in [3.63, 3.8) is 0 Å². The summed E-state index contributed by atoms with van der Waals surface area (Å²) in [5.74, 6) is 0. The molecule has 0 atom stereocenters. The number of aryl methyl sites for hydroxylation is 1. The molecular formula is C14H12NO. The van der Waals surface area contributed by atoms with E-state index in [9.17, 15) is 4.79 Å². The Morgan fingerprint density at radius 1 is 1.12 bits per heavy atom. The quantitative estimate of drug-likeness (QED) is 0.779. The van der Waals surface area contributed by atoms with Gasteiger partial charge in [0.1, 0.15) is 5.69 Å². The lowest BCUT2D eigenvalue weighted by Gasteiger charge is -2.08. The average molecular weight is 210 g/mol. The zero-order chi connectivity index (χ0) is 11.4. The van der Waals surface area contributed by atoms with Crippen molar-refractivity contribution in [1.82, 2.24) is 4.98 Å². The molecule has 0 unspecified atom stereocenters. The van der Waals surface area contributed by atoms with E-state index in [1.807, 2.05) is 36.6 Å². The monoisotopic (exact) mass is 210 g/mol. The normalized spacial score (nSPS) is 10.1. The van der Waals surface area contributed by atoms with E-state index in [0.29, 0.717) is 5.69 Å². The Kier molecular flexibility index (Phi) is 3.10. The highest BCUT2D eigenvalue weighted by Gasteiger charge is 2.08. The predicted molar refractivity (Wildman–Crippen MR) is 63.8 cm³/mol. The molecule has 1 radical (unpaired) electrons. The smallest absolute Gasteiger partial charge is 0.254 e. The van der Waals surface area contributed by atoms with Gasteiger partial charge in [0, 0.05) is 11.8 Å². The van der Waals surface area contributed by atoms with Crippen LogP contribution in [0.4, 0.5) is 0 Å². The lowest BCUT2D eigenvalue weighted by molar-refractivity contribution is 0.561. The first-order valence-electron chi connectivity index (χ1n) is 5.28. The summed E-state index contributed by atoms with van der Waals surface area (Å²) in [6, 6.07) is 11.8. The van der Waals surface area contributed by atoms with Crippen LogP contribution >= 0.6 is 0 Å². The van der Waals surface area contributed by atoms with Gasteiger partial charge in [-0.15, -0.1) is 0 Å². The van der Waals surface area contributed by atoms with Gasteiger partial charge in [0.25, 0.3) is 6.29 Å². The molecular weight excluding hydrogens is 198 g/mol. The Balaban J connectivity index is 2.62. The third-order valence-electron chi connectivity index (χ3n) is 2.59. The van der Waals surface area contributed by atoms with Crippen molar-refractivity contribution < 1.29 is 4.79 Å². The van der Waals surface area contributed by atoms with Crippen LogP contribution in [0.5, 0.6) is 0 Å². The molecule has 0 bridgehead atoms. The lowest BCUT2D eigenvalue weighted by Crippen LogP contribution is -1.94. The van der Waals surface area contributed by atoms with Crippen LogP contribution in [-0.4, -0.2) is 11.3 Å². The van der Waals surface area contributed by atoms with Crippen LogP contribution in [0.25, 0.3) is 11.1 Å². The third kappa shape index (κ3) is 1.87. The first-order chi connectivity index (χ1) is 7.86. The van der Waals surface area contributed by atoms with E-state index in [1.54, 1.807) is 6.20 Å². The minimum atomic E-state index is 0.378. The number of benzene rings is 1. The SMILES string of the molecule is CCc1ccccc1-c1cccnc1[C]=O. The molecule has 2 heteroatoms. The maximum atomic E-state index is 10.8. The van der Waals surface area contributed by atoms with Crippen molar-refractivity contribution in [2.45, 2.75) is 13.3 Å². The van der Waals surface area contributed by atoms with E-state index in [4.69, 9.17) is 0 Å². The molecule has 1 heterocycles. The molecule has 16 heavy (non-hydrogen) atoms. The molecule has 0 saturated carbocycles. The summed E-state index contributed by atoms with van der Waals surface area (Å²) in [5.41, 5.74) is 3.52. The van der Waals surface area contributed by atoms with Crippen LogP contribution in [0.15, 0.2) is 42.6 Å². The molecule has 0 N–H and O–H groups in total. The molecule has 2 rings (SSSR count). The Morgan fingerprint density at radius 3 is 2.62 bits per heavy atom. The number of carbonyl (C=O) groups excluding carboxylic acids is 1. The number of rotatable bonds is 3. The molecule has 0 aliphatic heterocycles. The second-order valence-corrected chi connectivity index (χ2v) is 3.51. The molecule has 1 aromatic heterocycles. The van der Waals surface area contributed by atoms with E-state index in [-0.39, 0.29) is 0 Å². The highest BCUT2D eigenvalue weighted by atomic mass is 16.1. The topological polar surface area (TPSA) is 30.0 Å². The van der Waals surface area contributed by atoms with Gasteiger partial charge in [0.2, 0.25) is 0 Å². The summed E-state index contributed by atoms with van der Waals surface area (Å²) in [6.45, 7) is 2.10. The largest absolute Gasteiger partial charge is 0.283 e. The summed E-state index contributed by atoms with van der Waals surface area (Å²) in [4.78, 5) is 14.8. The fourth-order valence-electron chi connectivity index (χ4n) is 1.80. The van der Waals surface area contributed by atoms with Crippen molar-refractivity contribution in [2.24, 2.45) is 0 Å². The Morgan fingerprint density at radius 2 is 1.88 bits per heavy atom. The van der Waals surface area contributed by atoms with Gasteiger partial charge in [-0.25, -0.2) is 0 Å². The van der Waals surface area contributed by atoms with E-state index in [2.05, 4.69) is 18.0 Å². The summed E-state index contributed by atoms with van der Waals surface area (Å²) >= 11 is 0. The van der Waals surface area contributed by atoms with Crippen LogP contribution in [0.3, 0.4) is 0 Å². The van der Waals surface area contributed by atoms with Gasteiger partial charge in [0.05, 0.1) is 0 Å². The van der Waals surface area contributed by atoms with Crippen molar-refractivity contribution in [3.05, 3.63) is 53.9 Å². The highest BCUT2D eigenvalue weighted by molar-refractivity contribution is 5.86. The van der Waals surface area contributed by atoms with E-state index >= 15 is 0 Å². The average Bonchev–Trinajstić information content (AvgIpc) is 2.38. The third-order valence-corrected chi connectivity index (χ3v) is 2.59. The zero-order valence-electron chi connectivity index (χ0n) is 9.10. The van der Waals surface area contributed by atoms with Crippen molar-refractivity contribution in [3.8, 4) is 11.1 Å². The van der Waals surface area contributed by atoms with Gasteiger partial charge in [-0.2, -0.15) is 0 Å². The molecule has 0 saturated heterocycles. The molecule has 2 aromatic rings. The Labute approximate surface area is 95.0 Å². The van der Waals surface area contributed by atoms with Gasteiger partial charge in [0.15, 0.2) is 0 Å². The van der Waals surface area contributed by atoms with Gasteiger partial charge in [-0.3, -0.25) is 9.78 Å². The summed E-state index contributed by atoms with van der Waals surface area (Å²) < 4.78 is 0. The van der Waals surface area contributed by atoms with E-state index in [1.165, 1.54) is 5.56 Å². The minimum absolute atomic E-state index is 0.378. The second-order valence-electron chi connectivity index (χ2n) is 3.51. The van der Waals surface area contributed by atoms with Crippen LogP contribution in [-0.2, 0) is 11.2 Å². The van der Waals surface area contributed by atoms with E-state index in [0.717, 1.165) is 17.5 Å². The number of nitrogens with zero attached hydrogens (tertiary/aromatic N) is 1. The molecule has 2 nitrogen and oxygen atoms in total. The van der Waals surface area contributed by atoms with Gasteiger partial charge in [-0.1, -0.05) is 37.3 Å². The molecule has 0 spiro atoms. The Bertz CT molecular complexity index is 506. The maximum Gasteiger partial charge on any atom is 0.254 e. The molecule has 0 aliphatic carbocycles. The fraction of sp³-hybridized carbons (Fsp3) is 0.143. The molecule has 0 amide bonds. The van der Waals surface area contributed by atoms with Gasteiger partial charge >= 0.3 is 0 Å². The first-order valence-corrected chi connectivity index (χ1v) is 5.28. The fourth-order valence-corrected chi connectivity index (χ4v) is 1.80. The standard InChI is InChI=1S/C14H12NO/c1-2-11-6-3-4-7-12(11)13-8-5-9-15-14(13)10-16/h3-9H,2H2,1H3. The zero-order valence-corrected chi connectivity index (χ0v) is 9.10. The Hall–Kier alpha value is -1.96. The van der Waals surface area contributed by atoms with Crippen LogP contribution in [0, 0.1) is 0 Å². The molecule has 0 aliphatic rings. The van der Waals surface area contributed by atoms with Crippen LogP contribution in [0.1, 0.15) is 18.2 Å². The van der Waals surface area contributed by atoms with Crippen molar-refractivity contribution in [1.29, 1.82) is 0 Å². The summed E-state index contributed by atoms with van der Waals surface area (Å²) in [6.07, 6.45) is 4.43. The van der Waals surface area contributed by atoms with Gasteiger partial charge in [-0.05, 0) is 23.6 Å². The predicted octanol–water partition coefficient (Wildman–Crippen LogP) is 2.77. The summed E-state index contributed by atoms with van der Waals surface area (Å²) in [7, 11) is 0. The molecule has 1 aromatic carbocycles.